The van der Waals surface area contributed by atoms with Gasteiger partial charge in [-0.05, 0) is 38.4 Å². The Hall–Kier alpha value is -1.66. The van der Waals surface area contributed by atoms with Gasteiger partial charge < -0.3 is 14.7 Å². The zero-order valence-electron chi connectivity index (χ0n) is 11.7. The highest BCUT2D eigenvalue weighted by molar-refractivity contribution is 5.44. The zero-order chi connectivity index (χ0) is 13.9. The second kappa shape index (κ2) is 5.76. The third-order valence-corrected chi connectivity index (χ3v) is 3.82. The third kappa shape index (κ3) is 2.76. The molecule has 0 bridgehead atoms. The van der Waals surface area contributed by atoms with Crippen molar-refractivity contribution in [1.82, 2.24) is 15.0 Å². The predicted molar refractivity (Wildman–Crippen MR) is 73.7 cm³/mol. The molecule has 0 saturated carbocycles. The van der Waals surface area contributed by atoms with Crippen molar-refractivity contribution in [3.63, 3.8) is 0 Å². The predicted octanol–water partition coefficient (Wildman–Crippen LogP) is 2.03. The summed E-state index contributed by atoms with van der Waals surface area (Å²) in [5.74, 6) is 1.74. The van der Waals surface area contributed by atoms with Gasteiger partial charge >= 0.3 is 0 Å². The first-order valence-electron chi connectivity index (χ1n) is 7.10. The van der Waals surface area contributed by atoms with E-state index in [1.54, 1.807) is 6.26 Å². The van der Waals surface area contributed by atoms with Gasteiger partial charge in [0.2, 0.25) is 11.7 Å². The lowest BCUT2D eigenvalue weighted by Gasteiger charge is -2.37. The van der Waals surface area contributed by atoms with Gasteiger partial charge in [-0.2, -0.15) is 4.98 Å². The standard InChI is InChI=1S/C14H20N4O2/c1-10(15)11-5-2-3-7-18(11)9-13-16-14(17-20-13)12-6-4-8-19-12/h4,6,8,10-11H,2-3,5,7,9,15H2,1H3. The molecule has 0 amide bonds. The third-order valence-electron chi connectivity index (χ3n) is 3.82. The van der Waals surface area contributed by atoms with Crippen LogP contribution in [0.15, 0.2) is 27.3 Å². The highest BCUT2D eigenvalue weighted by Crippen LogP contribution is 2.22. The van der Waals surface area contributed by atoms with Crippen LogP contribution in [-0.2, 0) is 6.54 Å². The molecule has 2 unspecified atom stereocenters. The van der Waals surface area contributed by atoms with Crippen molar-refractivity contribution in [2.24, 2.45) is 5.73 Å². The van der Waals surface area contributed by atoms with Gasteiger partial charge in [0.15, 0.2) is 5.76 Å². The van der Waals surface area contributed by atoms with Gasteiger partial charge in [0.25, 0.3) is 0 Å². The van der Waals surface area contributed by atoms with Gasteiger partial charge in [-0.25, -0.2) is 0 Å². The number of piperidine rings is 1. The summed E-state index contributed by atoms with van der Waals surface area (Å²) in [5, 5.41) is 3.96. The van der Waals surface area contributed by atoms with Crippen molar-refractivity contribution in [2.45, 2.75) is 44.8 Å². The number of likely N-dealkylation sites (tertiary alicyclic amines) is 1. The molecule has 108 valence electrons. The summed E-state index contributed by atoms with van der Waals surface area (Å²) in [7, 11) is 0. The van der Waals surface area contributed by atoms with E-state index >= 15 is 0 Å². The summed E-state index contributed by atoms with van der Waals surface area (Å²) in [5.41, 5.74) is 6.07. The average molecular weight is 276 g/mol. The Labute approximate surface area is 117 Å². The Morgan fingerprint density at radius 2 is 2.40 bits per heavy atom. The van der Waals surface area contributed by atoms with Gasteiger partial charge in [0.05, 0.1) is 12.8 Å². The van der Waals surface area contributed by atoms with Crippen molar-refractivity contribution in [3.8, 4) is 11.6 Å². The average Bonchev–Trinajstić information content (AvgIpc) is 3.09. The van der Waals surface area contributed by atoms with Crippen LogP contribution in [0.5, 0.6) is 0 Å². The van der Waals surface area contributed by atoms with Crippen molar-refractivity contribution >= 4 is 0 Å². The molecule has 6 nitrogen and oxygen atoms in total. The molecular formula is C14H20N4O2. The van der Waals surface area contributed by atoms with E-state index in [0.29, 0.717) is 30.1 Å². The summed E-state index contributed by atoms with van der Waals surface area (Å²) in [6.45, 7) is 3.75. The lowest BCUT2D eigenvalue weighted by atomic mass is 9.97. The van der Waals surface area contributed by atoms with E-state index in [0.717, 1.165) is 13.0 Å². The normalized spacial score (nSPS) is 22.0. The summed E-state index contributed by atoms with van der Waals surface area (Å²) in [6, 6.07) is 4.17. The molecule has 20 heavy (non-hydrogen) atoms. The first kappa shape index (κ1) is 13.3. The lowest BCUT2D eigenvalue weighted by Crippen LogP contribution is -2.48. The topological polar surface area (TPSA) is 81.3 Å². The number of hydrogen-bond acceptors (Lipinski definition) is 6. The van der Waals surface area contributed by atoms with Crippen LogP contribution in [0.4, 0.5) is 0 Å². The number of nitrogens with two attached hydrogens (primary N) is 1. The Bertz CT molecular complexity index is 535. The quantitative estimate of drug-likeness (QED) is 0.920. The van der Waals surface area contributed by atoms with Crippen LogP contribution in [0.3, 0.4) is 0 Å². The summed E-state index contributed by atoms with van der Waals surface area (Å²) >= 11 is 0. The highest BCUT2D eigenvalue weighted by Gasteiger charge is 2.27. The van der Waals surface area contributed by atoms with Gasteiger partial charge in [-0.1, -0.05) is 11.6 Å². The molecule has 3 rings (SSSR count). The van der Waals surface area contributed by atoms with Crippen LogP contribution in [0, 0.1) is 0 Å². The van der Waals surface area contributed by atoms with Crippen molar-refractivity contribution in [2.75, 3.05) is 6.54 Å². The second-order valence-corrected chi connectivity index (χ2v) is 5.38. The fourth-order valence-electron chi connectivity index (χ4n) is 2.81. The monoisotopic (exact) mass is 276 g/mol. The zero-order valence-corrected chi connectivity index (χ0v) is 11.7. The summed E-state index contributed by atoms with van der Waals surface area (Å²) in [6.07, 6.45) is 5.17. The Balaban J connectivity index is 1.71. The van der Waals surface area contributed by atoms with Crippen LogP contribution in [0.25, 0.3) is 11.6 Å². The van der Waals surface area contributed by atoms with Crippen molar-refractivity contribution in [1.29, 1.82) is 0 Å². The molecule has 0 aliphatic carbocycles. The molecule has 1 saturated heterocycles. The highest BCUT2D eigenvalue weighted by atomic mass is 16.5. The Morgan fingerprint density at radius 3 is 3.15 bits per heavy atom. The minimum absolute atomic E-state index is 0.155. The molecule has 6 heteroatoms. The van der Waals surface area contributed by atoms with Crippen molar-refractivity contribution in [3.05, 3.63) is 24.3 Å². The Kier molecular flexibility index (Phi) is 3.84. The molecule has 0 radical (unpaired) electrons. The summed E-state index contributed by atoms with van der Waals surface area (Å²) < 4.78 is 10.6. The van der Waals surface area contributed by atoms with E-state index in [9.17, 15) is 0 Å². The molecule has 1 aliphatic heterocycles. The first-order chi connectivity index (χ1) is 9.74. The molecule has 2 N–H and O–H groups in total. The van der Waals surface area contributed by atoms with Crippen LogP contribution < -0.4 is 5.73 Å². The molecular weight excluding hydrogens is 256 g/mol. The maximum atomic E-state index is 6.07. The van der Waals surface area contributed by atoms with Crippen LogP contribution >= 0.6 is 0 Å². The Morgan fingerprint density at radius 1 is 1.50 bits per heavy atom. The number of hydrogen-bond donors (Lipinski definition) is 1. The SMILES string of the molecule is CC(N)C1CCCCN1Cc1nc(-c2ccco2)no1. The van der Waals surface area contributed by atoms with E-state index < -0.39 is 0 Å². The minimum atomic E-state index is 0.155. The number of rotatable bonds is 4. The largest absolute Gasteiger partial charge is 0.461 e. The maximum Gasteiger partial charge on any atom is 0.241 e. The lowest BCUT2D eigenvalue weighted by molar-refractivity contribution is 0.109. The van der Waals surface area contributed by atoms with Gasteiger partial charge in [-0.3, -0.25) is 4.90 Å². The maximum absolute atomic E-state index is 6.07. The van der Waals surface area contributed by atoms with E-state index in [2.05, 4.69) is 22.0 Å². The molecule has 0 aromatic carbocycles. The molecule has 3 heterocycles. The van der Waals surface area contributed by atoms with Crippen LogP contribution in [0.2, 0.25) is 0 Å². The molecule has 2 atom stereocenters. The second-order valence-electron chi connectivity index (χ2n) is 5.38. The van der Waals surface area contributed by atoms with Gasteiger partial charge in [0, 0.05) is 12.1 Å². The van der Waals surface area contributed by atoms with Gasteiger partial charge in [-0.15, -0.1) is 0 Å². The molecule has 1 fully saturated rings. The number of aromatic nitrogens is 2. The van der Waals surface area contributed by atoms with E-state index in [-0.39, 0.29) is 6.04 Å². The number of nitrogens with zero attached hydrogens (tertiary/aromatic N) is 3. The molecule has 2 aromatic rings. The van der Waals surface area contributed by atoms with E-state index in [1.807, 2.05) is 12.1 Å². The number of furan rings is 1. The first-order valence-corrected chi connectivity index (χ1v) is 7.10. The van der Waals surface area contributed by atoms with E-state index in [1.165, 1.54) is 12.8 Å². The van der Waals surface area contributed by atoms with Crippen LogP contribution in [-0.4, -0.2) is 33.7 Å². The molecule has 0 spiro atoms. The molecule has 1 aliphatic rings. The van der Waals surface area contributed by atoms with Crippen LogP contribution in [0.1, 0.15) is 32.1 Å². The van der Waals surface area contributed by atoms with Gasteiger partial charge in [0.1, 0.15) is 0 Å². The fraction of sp³-hybridized carbons (Fsp3) is 0.571. The van der Waals surface area contributed by atoms with Crippen molar-refractivity contribution < 1.29 is 8.94 Å². The fourth-order valence-corrected chi connectivity index (χ4v) is 2.81. The minimum Gasteiger partial charge on any atom is -0.461 e. The molecule has 2 aromatic heterocycles. The summed E-state index contributed by atoms with van der Waals surface area (Å²) in [4.78, 5) is 6.73. The van der Waals surface area contributed by atoms with E-state index in [4.69, 9.17) is 14.7 Å². The smallest absolute Gasteiger partial charge is 0.241 e.